The van der Waals surface area contributed by atoms with Crippen LogP contribution >= 0.6 is 15.9 Å². The number of aromatic nitrogens is 2. The number of halogens is 1. The Kier molecular flexibility index (Phi) is 8.54. The van der Waals surface area contributed by atoms with Crippen LogP contribution in [0, 0.1) is 12.8 Å². The number of amides is 2. The molecule has 2 amide bonds. The Hall–Kier alpha value is -2.93. The summed E-state index contributed by atoms with van der Waals surface area (Å²) in [6.45, 7) is 13.0. The first-order valence-corrected chi connectivity index (χ1v) is 12.8. The Morgan fingerprint density at radius 1 is 1.09 bits per heavy atom. The minimum Gasteiger partial charge on any atom is -0.329 e. The summed E-state index contributed by atoms with van der Waals surface area (Å²) < 4.78 is 2.61. The highest BCUT2D eigenvalue weighted by molar-refractivity contribution is 9.10. The summed E-state index contributed by atoms with van der Waals surface area (Å²) in [5, 5.41) is 7.84. The molecular formula is C28H35BrN4O2. The standard InChI is InChI=1S/C28H35BrN4O2/c1-19(2)14-15-32(27(35)21-11-9-12-22(29)16-21)18-26(34)30-25-17-24(28(4,5)6)31-33(25)23-13-8-7-10-20(23)3/h7-13,16-17,19H,14-15,18H2,1-6H3,(H,30,34). The van der Waals surface area contributed by atoms with Crippen molar-refractivity contribution in [2.75, 3.05) is 18.4 Å². The molecular weight excluding hydrogens is 504 g/mol. The van der Waals surface area contributed by atoms with Gasteiger partial charge in [0.2, 0.25) is 5.91 Å². The number of rotatable bonds is 8. The molecule has 6 nitrogen and oxygen atoms in total. The average molecular weight is 540 g/mol. The van der Waals surface area contributed by atoms with Crippen molar-refractivity contribution in [3.05, 3.63) is 75.9 Å². The molecule has 0 atom stereocenters. The third kappa shape index (κ3) is 7.04. The molecule has 0 aliphatic heterocycles. The van der Waals surface area contributed by atoms with E-state index in [2.05, 4.69) is 55.9 Å². The fourth-order valence-corrected chi connectivity index (χ4v) is 4.05. The molecule has 186 valence electrons. The highest BCUT2D eigenvalue weighted by Crippen LogP contribution is 2.27. The van der Waals surface area contributed by atoms with Crippen LogP contribution in [0.5, 0.6) is 0 Å². The van der Waals surface area contributed by atoms with E-state index in [9.17, 15) is 9.59 Å². The molecule has 35 heavy (non-hydrogen) atoms. The van der Waals surface area contributed by atoms with E-state index < -0.39 is 0 Å². The Bertz CT molecular complexity index is 1190. The largest absolute Gasteiger partial charge is 0.329 e. The maximum Gasteiger partial charge on any atom is 0.254 e. The van der Waals surface area contributed by atoms with E-state index in [1.54, 1.807) is 21.7 Å². The van der Waals surface area contributed by atoms with Gasteiger partial charge >= 0.3 is 0 Å². The predicted molar refractivity (Wildman–Crippen MR) is 145 cm³/mol. The van der Waals surface area contributed by atoms with E-state index in [1.807, 2.05) is 49.4 Å². The van der Waals surface area contributed by atoms with Crippen LogP contribution in [-0.2, 0) is 10.2 Å². The zero-order chi connectivity index (χ0) is 25.8. The van der Waals surface area contributed by atoms with E-state index in [-0.39, 0.29) is 23.8 Å². The number of para-hydroxylation sites is 1. The molecule has 0 saturated carbocycles. The number of hydrogen-bond acceptors (Lipinski definition) is 3. The van der Waals surface area contributed by atoms with Crippen LogP contribution in [-0.4, -0.2) is 39.6 Å². The number of hydrogen-bond donors (Lipinski definition) is 1. The first-order valence-electron chi connectivity index (χ1n) is 12.0. The zero-order valence-corrected chi connectivity index (χ0v) is 23.0. The van der Waals surface area contributed by atoms with Crippen molar-refractivity contribution in [1.82, 2.24) is 14.7 Å². The molecule has 0 saturated heterocycles. The van der Waals surface area contributed by atoms with Crippen LogP contribution in [0.4, 0.5) is 5.82 Å². The maximum atomic E-state index is 13.3. The number of aryl methyl sites for hydroxylation is 1. The van der Waals surface area contributed by atoms with Crippen molar-refractivity contribution in [2.45, 2.75) is 53.4 Å². The molecule has 0 radical (unpaired) electrons. The van der Waals surface area contributed by atoms with Gasteiger partial charge in [-0.15, -0.1) is 0 Å². The van der Waals surface area contributed by atoms with Crippen LogP contribution in [0.3, 0.4) is 0 Å². The number of carbonyl (C=O) groups is 2. The van der Waals surface area contributed by atoms with Crippen LogP contribution in [0.15, 0.2) is 59.1 Å². The third-order valence-electron chi connectivity index (χ3n) is 5.76. The second-order valence-electron chi connectivity index (χ2n) is 10.3. The Morgan fingerprint density at radius 3 is 2.43 bits per heavy atom. The molecule has 1 N–H and O–H groups in total. The summed E-state index contributed by atoms with van der Waals surface area (Å²) in [7, 11) is 0. The molecule has 3 aromatic rings. The topological polar surface area (TPSA) is 67.2 Å². The van der Waals surface area contributed by atoms with Crippen LogP contribution < -0.4 is 5.32 Å². The summed E-state index contributed by atoms with van der Waals surface area (Å²) in [6, 6.07) is 17.1. The van der Waals surface area contributed by atoms with Gasteiger partial charge in [0.1, 0.15) is 12.4 Å². The molecule has 0 unspecified atom stereocenters. The van der Waals surface area contributed by atoms with Gasteiger partial charge in [0, 0.05) is 28.1 Å². The number of benzene rings is 2. The molecule has 0 bridgehead atoms. The first kappa shape index (κ1) is 26.7. The summed E-state index contributed by atoms with van der Waals surface area (Å²) in [4.78, 5) is 28.1. The quantitative estimate of drug-likeness (QED) is 0.362. The molecule has 0 spiro atoms. The monoisotopic (exact) mass is 538 g/mol. The molecule has 0 fully saturated rings. The molecule has 1 heterocycles. The third-order valence-corrected chi connectivity index (χ3v) is 6.25. The van der Waals surface area contributed by atoms with Gasteiger partial charge < -0.3 is 10.2 Å². The minimum absolute atomic E-state index is 0.0398. The molecule has 0 aliphatic carbocycles. The lowest BCUT2D eigenvalue weighted by molar-refractivity contribution is -0.117. The highest BCUT2D eigenvalue weighted by atomic mass is 79.9. The van der Waals surface area contributed by atoms with Gasteiger partial charge in [-0.05, 0) is 49.1 Å². The van der Waals surface area contributed by atoms with Crippen molar-refractivity contribution in [1.29, 1.82) is 0 Å². The van der Waals surface area contributed by atoms with Gasteiger partial charge in [-0.1, -0.05) is 74.8 Å². The Labute approximate surface area is 216 Å². The van der Waals surface area contributed by atoms with E-state index >= 15 is 0 Å². The van der Waals surface area contributed by atoms with Crippen molar-refractivity contribution in [3.8, 4) is 5.69 Å². The van der Waals surface area contributed by atoms with Crippen molar-refractivity contribution >= 4 is 33.6 Å². The smallest absolute Gasteiger partial charge is 0.254 e. The van der Waals surface area contributed by atoms with Crippen molar-refractivity contribution < 1.29 is 9.59 Å². The average Bonchev–Trinajstić information content (AvgIpc) is 3.20. The lowest BCUT2D eigenvalue weighted by atomic mass is 9.92. The Balaban J connectivity index is 1.88. The van der Waals surface area contributed by atoms with E-state index in [1.165, 1.54) is 0 Å². The number of nitrogens with one attached hydrogen (secondary N) is 1. The van der Waals surface area contributed by atoms with E-state index in [0.717, 1.165) is 27.8 Å². The SMILES string of the molecule is Cc1ccccc1-n1nc(C(C)(C)C)cc1NC(=O)CN(CCC(C)C)C(=O)c1cccc(Br)c1. The predicted octanol–water partition coefficient (Wildman–Crippen LogP) is 6.37. The number of nitrogens with zero attached hydrogens (tertiary/aromatic N) is 3. The minimum atomic E-state index is -0.257. The molecule has 1 aromatic heterocycles. The van der Waals surface area contributed by atoms with Gasteiger partial charge in [-0.3, -0.25) is 9.59 Å². The normalized spacial score (nSPS) is 11.5. The Morgan fingerprint density at radius 2 is 1.80 bits per heavy atom. The van der Waals surface area contributed by atoms with Crippen molar-refractivity contribution in [2.24, 2.45) is 5.92 Å². The summed E-state index contributed by atoms with van der Waals surface area (Å²) >= 11 is 3.43. The second kappa shape index (κ2) is 11.2. The number of carbonyl (C=O) groups excluding carboxylic acids is 2. The van der Waals surface area contributed by atoms with Crippen molar-refractivity contribution in [3.63, 3.8) is 0 Å². The molecule has 3 rings (SSSR count). The van der Waals surface area contributed by atoms with Gasteiger partial charge in [-0.2, -0.15) is 5.10 Å². The summed E-state index contributed by atoms with van der Waals surface area (Å²) in [5.41, 5.74) is 3.19. The lowest BCUT2D eigenvalue weighted by Crippen LogP contribution is -2.39. The molecule has 2 aromatic carbocycles. The van der Waals surface area contributed by atoms with E-state index in [4.69, 9.17) is 5.10 Å². The fourth-order valence-electron chi connectivity index (χ4n) is 3.65. The molecule has 0 aliphatic rings. The van der Waals surface area contributed by atoms with Gasteiger partial charge in [0.15, 0.2) is 0 Å². The van der Waals surface area contributed by atoms with Crippen LogP contribution in [0.25, 0.3) is 5.69 Å². The summed E-state index contributed by atoms with van der Waals surface area (Å²) in [5.74, 6) is 0.581. The summed E-state index contributed by atoms with van der Waals surface area (Å²) in [6.07, 6.45) is 0.808. The highest BCUT2D eigenvalue weighted by Gasteiger charge is 2.24. The van der Waals surface area contributed by atoms with Gasteiger partial charge in [0.05, 0.1) is 11.4 Å². The maximum absolute atomic E-state index is 13.3. The lowest BCUT2D eigenvalue weighted by Gasteiger charge is -2.23. The fraction of sp³-hybridized carbons (Fsp3) is 0.393. The number of anilines is 1. The van der Waals surface area contributed by atoms with E-state index in [0.29, 0.717) is 23.8 Å². The zero-order valence-electron chi connectivity index (χ0n) is 21.4. The molecule has 7 heteroatoms. The second-order valence-corrected chi connectivity index (χ2v) is 11.2. The van der Waals surface area contributed by atoms with Gasteiger partial charge in [-0.25, -0.2) is 4.68 Å². The van der Waals surface area contributed by atoms with Crippen LogP contribution in [0.2, 0.25) is 0 Å². The van der Waals surface area contributed by atoms with Gasteiger partial charge in [0.25, 0.3) is 5.91 Å². The van der Waals surface area contributed by atoms with Crippen LogP contribution in [0.1, 0.15) is 62.7 Å². The first-order chi connectivity index (χ1) is 16.5.